The number of hydrogen-bond acceptors (Lipinski definition) is 0. The normalized spacial score (nSPS) is 11.2. The van der Waals surface area contributed by atoms with E-state index in [1.807, 2.05) is 0 Å². The van der Waals surface area contributed by atoms with Crippen molar-refractivity contribution in [2.45, 2.75) is 0 Å². The fourth-order valence-electron chi connectivity index (χ4n) is 7.40. The highest BCUT2D eigenvalue weighted by molar-refractivity contribution is 6.22. The Labute approximate surface area is 293 Å². The summed E-state index contributed by atoms with van der Waals surface area (Å²) < 4.78 is 0. The highest BCUT2D eigenvalue weighted by Gasteiger charge is 2.19. The lowest BCUT2D eigenvalue weighted by Crippen LogP contribution is -1.93. The zero-order valence-corrected chi connectivity index (χ0v) is 27.6. The van der Waals surface area contributed by atoms with Crippen molar-refractivity contribution in [1.82, 2.24) is 0 Å². The molecule has 0 aliphatic carbocycles. The molecule has 0 nitrogen and oxygen atoms in total. The molecule has 0 heterocycles. The molecule has 234 valence electrons. The van der Waals surface area contributed by atoms with E-state index in [-0.39, 0.29) is 0 Å². The Kier molecular flexibility index (Phi) is 7.61. The molecule has 0 aliphatic rings. The third kappa shape index (κ3) is 5.48. The Morgan fingerprint density at radius 2 is 0.440 bits per heavy atom. The van der Waals surface area contributed by atoms with E-state index in [2.05, 4.69) is 206 Å². The van der Waals surface area contributed by atoms with Gasteiger partial charge >= 0.3 is 0 Å². The van der Waals surface area contributed by atoms with Gasteiger partial charge in [-0.1, -0.05) is 188 Å². The molecule has 0 radical (unpaired) electrons. The molecule has 50 heavy (non-hydrogen) atoms. The van der Waals surface area contributed by atoms with Crippen molar-refractivity contribution in [2.75, 3.05) is 0 Å². The average molecular weight is 635 g/mol. The lowest BCUT2D eigenvalue weighted by atomic mass is 9.83. The zero-order chi connectivity index (χ0) is 33.3. The molecule has 9 rings (SSSR count). The molecule has 0 saturated carbocycles. The minimum Gasteiger partial charge on any atom is -0.0622 e. The summed E-state index contributed by atoms with van der Waals surface area (Å²) in [5.74, 6) is 0. The van der Waals surface area contributed by atoms with Crippen LogP contribution in [0.5, 0.6) is 0 Å². The van der Waals surface area contributed by atoms with Gasteiger partial charge < -0.3 is 0 Å². The molecule has 0 atom stereocenters. The molecule has 9 aromatic rings. The molecule has 0 amide bonds. The van der Waals surface area contributed by atoms with Gasteiger partial charge in [0.25, 0.3) is 0 Å². The van der Waals surface area contributed by atoms with Crippen molar-refractivity contribution in [3.8, 4) is 66.8 Å². The van der Waals surface area contributed by atoms with Crippen LogP contribution in [0, 0.1) is 0 Å². The van der Waals surface area contributed by atoms with Gasteiger partial charge in [0.1, 0.15) is 0 Å². The van der Waals surface area contributed by atoms with Crippen molar-refractivity contribution in [3.63, 3.8) is 0 Å². The van der Waals surface area contributed by atoms with Crippen molar-refractivity contribution in [3.05, 3.63) is 206 Å². The molecule has 9 aromatic carbocycles. The first-order valence-corrected chi connectivity index (χ1v) is 17.3. The lowest BCUT2D eigenvalue weighted by molar-refractivity contribution is 1.58. The Balaban J connectivity index is 1.23. The number of hydrogen-bond donors (Lipinski definition) is 0. The van der Waals surface area contributed by atoms with E-state index in [4.69, 9.17) is 0 Å². The van der Waals surface area contributed by atoms with Crippen molar-refractivity contribution < 1.29 is 0 Å². The highest BCUT2D eigenvalue weighted by atomic mass is 14.2. The van der Waals surface area contributed by atoms with Gasteiger partial charge in [0.15, 0.2) is 0 Å². The SMILES string of the molecule is c1ccc(-c2cccc(-c3ccc(-c4ccc5c(c4)c(-c4ccccc4)c(-c4ccccc4)c4cc(-c6ccccc6)ccc45)cc3)c2)cc1. The Morgan fingerprint density at radius 3 is 0.820 bits per heavy atom. The fraction of sp³-hybridized carbons (Fsp3) is 0. The number of fused-ring (bicyclic) bond motifs is 3. The first kappa shape index (κ1) is 29.6. The van der Waals surface area contributed by atoms with Gasteiger partial charge in [0.05, 0.1) is 0 Å². The summed E-state index contributed by atoms with van der Waals surface area (Å²) in [5.41, 5.74) is 14.7. The number of rotatable bonds is 6. The van der Waals surface area contributed by atoms with E-state index in [1.165, 1.54) is 88.3 Å². The topological polar surface area (TPSA) is 0 Å². The maximum atomic E-state index is 2.40. The van der Waals surface area contributed by atoms with Gasteiger partial charge in [-0.15, -0.1) is 0 Å². The maximum Gasteiger partial charge on any atom is -0.00201 e. The first-order valence-electron chi connectivity index (χ1n) is 17.3. The summed E-state index contributed by atoms with van der Waals surface area (Å²) in [6.07, 6.45) is 0. The molecule has 0 heteroatoms. The second-order valence-electron chi connectivity index (χ2n) is 12.9. The molecule has 0 unspecified atom stereocenters. The monoisotopic (exact) mass is 634 g/mol. The average Bonchev–Trinajstić information content (AvgIpc) is 3.21. The van der Waals surface area contributed by atoms with Crippen LogP contribution in [0.3, 0.4) is 0 Å². The van der Waals surface area contributed by atoms with Gasteiger partial charge in [-0.3, -0.25) is 0 Å². The first-order chi connectivity index (χ1) is 24.8. The summed E-state index contributed by atoms with van der Waals surface area (Å²) in [6, 6.07) is 74.9. The van der Waals surface area contributed by atoms with E-state index in [9.17, 15) is 0 Å². The summed E-state index contributed by atoms with van der Waals surface area (Å²) >= 11 is 0. The van der Waals surface area contributed by atoms with E-state index >= 15 is 0 Å². The Bertz CT molecular complexity index is 2580. The second kappa shape index (κ2) is 12.8. The van der Waals surface area contributed by atoms with E-state index in [1.54, 1.807) is 0 Å². The molecule has 0 N–H and O–H groups in total. The smallest absolute Gasteiger partial charge is 0.00201 e. The minimum absolute atomic E-state index is 1.20. The van der Waals surface area contributed by atoms with Gasteiger partial charge in [0, 0.05) is 0 Å². The van der Waals surface area contributed by atoms with E-state index < -0.39 is 0 Å². The molecule has 0 saturated heterocycles. The van der Waals surface area contributed by atoms with Crippen molar-refractivity contribution in [1.29, 1.82) is 0 Å². The summed E-state index contributed by atoms with van der Waals surface area (Å²) in [5, 5.41) is 5.04. The standard InChI is InChI=1S/C50H34/c1-5-14-35(15-6-1)41-22-13-23-42(32-41)37-24-26-38(27-25-37)44-29-31-46-45-30-28-43(36-16-7-2-8-17-36)33-47(45)49(39-18-9-3-10-19-39)50(48(46)34-44)40-20-11-4-12-21-40/h1-34H. The molecule has 0 fully saturated rings. The Morgan fingerprint density at radius 1 is 0.160 bits per heavy atom. The summed E-state index contributed by atoms with van der Waals surface area (Å²) in [6.45, 7) is 0. The summed E-state index contributed by atoms with van der Waals surface area (Å²) in [4.78, 5) is 0. The van der Waals surface area contributed by atoms with Crippen molar-refractivity contribution >= 4 is 21.5 Å². The largest absolute Gasteiger partial charge is 0.0622 e. The summed E-state index contributed by atoms with van der Waals surface area (Å²) in [7, 11) is 0. The van der Waals surface area contributed by atoms with E-state index in [0.717, 1.165) is 0 Å². The molecule has 0 bridgehead atoms. The number of benzene rings is 9. The zero-order valence-electron chi connectivity index (χ0n) is 27.6. The predicted octanol–water partition coefficient (Wildman–Crippen LogP) is 14.0. The molecular formula is C50H34. The van der Waals surface area contributed by atoms with Crippen LogP contribution in [-0.4, -0.2) is 0 Å². The lowest BCUT2D eigenvalue weighted by Gasteiger charge is -2.20. The van der Waals surface area contributed by atoms with Gasteiger partial charge in [-0.05, 0) is 107 Å². The third-order valence-electron chi connectivity index (χ3n) is 9.87. The molecule has 0 spiro atoms. The van der Waals surface area contributed by atoms with Crippen LogP contribution in [0.1, 0.15) is 0 Å². The van der Waals surface area contributed by atoms with Crippen LogP contribution >= 0.6 is 0 Å². The molecule has 0 aliphatic heterocycles. The highest BCUT2D eigenvalue weighted by Crippen LogP contribution is 2.46. The molecular weight excluding hydrogens is 601 g/mol. The van der Waals surface area contributed by atoms with Gasteiger partial charge in [-0.25, -0.2) is 0 Å². The van der Waals surface area contributed by atoms with Crippen molar-refractivity contribution in [2.24, 2.45) is 0 Å². The van der Waals surface area contributed by atoms with Crippen LogP contribution in [0.2, 0.25) is 0 Å². The Hall–Kier alpha value is -6.50. The van der Waals surface area contributed by atoms with Gasteiger partial charge in [-0.2, -0.15) is 0 Å². The fourth-order valence-corrected chi connectivity index (χ4v) is 7.40. The van der Waals surface area contributed by atoms with Crippen LogP contribution in [0.25, 0.3) is 88.3 Å². The van der Waals surface area contributed by atoms with Crippen LogP contribution in [0.4, 0.5) is 0 Å². The second-order valence-corrected chi connectivity index (χ2v) is 12.9. The van der Waals surface area contributed by atoms with Crippen LogP contribution < -0.4 is 0 Å². The molecule has 0 aromatic heterocycles. The predicted molar refractivity (Wildman–Crippen MR) is 214 cm³/mol. The maximum absolute atomic E-state index is 2.40. The van der Waals surface area contributed by atoms with Gasteiger partial charge in [0.2, 0.25) is 0 Å². The van der Waals surface area contributed by atoms with Crippen LogP contribution in [0.15, 0.2) is 206 Å². The minimum atomic E-state index is 1.20. The van der Waals surface area contributed by atoms with Crippen LogP contribution in [-0.2, 0) is 0 Å². The third-order valence-corrected chi connectivity index (χ3v) is 9.87. The van der Waals surface area contributed by atoms with E-state index in [0.29, 0.717) is 0 Å². The quantitative estimate of drug-likeness (QED) is 0.160.